The molecule has 1 aromatic heterocycles. The SMILES string of the molecule is Cc1[nH]c2ccccc2c1CN(C)C(C)CC(=O)O. The summed E-state index contributed by atoms with van der Waals surface area (Å²) in [6.45, 7) is 4.76. The number of hydrogen-bond acceptors (Lipinski definition) is 2. The quantitative estimate of drug-likeness (QED) is 0.869. The molecule has 4 nitrogen and oxygen atoms in total. The average molecular weight is 260 g/mol. The number of carboxylic acids is 1. The molecule has 1 heterocycles. The minimum atomic E-state index is -0.755. The van der Waals surface area contributed by atoms with Crippen LogP contribution in [0.4, 0.5) is 0 Å². The number of nitrogens with zero attached hydrogens (tertiary/aromatic N) is 1. The molecule has 0 saturated carbocycles. The molecule has 2 N–H and O–H groups in total. The van der Waals surface area contributed by atoms with Gasteiger partial charge in [-0.25, -0.2) is 0 Å². The van der Waals surface area contributed by atoms with Crippen LogP contribution in [0.3, 0.4) is 0 Å². The van der Waals surface area contributed by atoms with Crippen molar-refractivity contribution in [3.05, 3.63) is 35.5 Å². The molecule has 0 amide bonds. The molecule has 0 aliphatic heterocycles. The first kappa shape index (κ1) is 13.6. The lowest BCUT2D eigenvalue weighted by Gasteiger charge is -2.23. The van der Waals surface area contributed by atoms with Gasteiger partial charge in [-0.2, -0.15) is 0 Å². The zero-order valence-corrected chi connectivity index (χ0v) is 11.6. The molecular weight excluding hydrogens is 240 g/mol. The number of carboxylic acid groups (broad SMARTS) is 1. The van der Waals surface area contributed by atoms with Crippen molar-refractivity contribution in [1.29, 1.82) is 0 Å². The number of aryl methyl sites for hydroxylation is 1. The summed E-state index contributed by atoms with van der Waals surface area (Å²) in [7, 11) is 1.97. The van der Waals surface area contributed by atoms with Gasteiger partial charge in [-0.15, -0.1) is 0 Å². The summed E-state index contributed by atoms with van der Waals surface area (Å²) in [6.07, 6.45) is 0.165. The molecule has 2 aromatic rings. The van der Waals surface area contributed by atoms with E-state index in [9.17, 15) is 4.79 Å². The van der Waals surface area contributed by atoms with E-state index in [0.29, 0.717) is 0 Å². The molecule has 19 heavy (non-hydrogen) atoms. The van der Waals surface area contributed by atoms with Gasteiger partial charge in [0.05, 0.1) is 6.42 Å². The second kappa shape index (κ2) is 5.45. The molecular formula is C15H20N2O2. The van der Waals surface area contributed by atoms with Crippen LogP contribution >= 0.6 is 0 Å². The lowest BCUT2D eigenvalue weighted by molar-refractivity contribution is -0.138. The van der Waals surface area contributed by atoms with Crippen molar-refractivity contribution in [2.45, 2.75) is 32.9 Å². The number of rotatable bonds is 5. The first-order valence-electron chi connectivity index (χ1n) is 6.47. The average Bonchev–Trinajstić information content (AvgIpc) is 2.65. The zero-order valence-electron chi connectivity index (χ0n) is 11.6. The maximum Gasteiger partial charge on any atom is 0.304 e. The zero-order chi connectivity index (χ0) is 14.0. The van der Waals surface area contributed by atoms with E-state index in [1.54, 1.807) is 0 Å². The summed E-state index contributed by atoms with van der Waals surface area (Å²) in [6, 6.07) is 8.22. The summed E-state index contributed by atoms with van der Waals surface area (Å²) in [4.78, 5) is 16.2. The van der Waals surface area contributed by atoms with E-state index in [-0.39, 0.29) is 12.5 Å². The van der Waals surface area contributed by atoms with Crippen LogP contribution in [-0.4, -0.2) is 34.0 Å². The van der Waals surface area contributed by atoms with Gasteiger partial charge in [-0.3, -0.25) is 9.69 Å². The Labute approximate surface area is 113 Å². The molecule has 1 aromatic carbocycles. The molecule has 0 aliphatic rings. The Morgan fingerprint density at radius 3 is 2.79 bits per heavy atom. The van der Waals surface area contributed by atoms with Crippen LogP contribution in [0.15, 0.2) is 24.3 Å². The monoisotopic (exact) mass is 260 g/mol. The highest BCUT2D eigenvalue weighted by atomic mass is 16.4. The molecule has 0 bridgehead atoms. The molecule has 1 atom stereocenters. The van der Waals surface area contributed by atoms with Crippen molar-refractivity contribution in [1.82, 2.24) is 9.88 Å². The Kier molecular flexibility index (Phi) is 3.90. The van der Waals surface area contributed by atoms with E-state index in [1.165, 1.54) is 10.9 Å². The summed E-state index contributed by atoms with van der Waals surface area (Å²) < 4.78 is 0. The van der Waals surface area contributed by atoms with Gasteiger partial charge < -0.3 is 10.1 Å². The minimum Gasteiger partial charge on any atom is -0.481 e. The molecule has 0 fully saturated rings. The van der Waals surface area contributed by atoms with Crippen LogP contribution in [0, 0.1) is 6.92 Å². The summed E-state index contributed by atoms with van der Waals surface area (Å²) >= 11 is 0. The van der Waals surface area contributed by atoms with Crippen molar-refractivity contribution in [3.63, 3.8) is 0 Å². The number of benzene rings is 1. The van der Waals surface area contributed by atoms with Crippen molar-refractivity contribution >= 4 is 16.9 Å². The normalized spacial score (nSPS) is 13.1. The maximum absolute atomic E-state index is 10.8. The van der Waals surface area contributed by atoms with E-state index in [2.05, 4.69) is 28.9 Å². The third-order valence-corrected chi connectivity index (χ3v) is 3.66. The highest BCUT2D eigenvalue weighted by molar-refractivity contribution is 5.84. The third kappa shape index (κ3) is 2.96. The van der Waals surface area contributed by atoms with Crippen molar-refractivity contribution in [3.8, 4) is 0 Å². The summed E-state index contributed by atoms with van der Waals surface area (Å²) in [5.74, 6) is -0.755. The van der Waals surface area contributed by atoms with Gasteiger partial charge in [0.2, 0.25) is 0 Å². The fourth-order valence-electron chi connectivity index (χ4n) is 2.35. The topological polar surface area (TPSA) is 56.3 Å². The molecule has 0 aliphatic carbocycles. The lowest BCUT2D eigenvalue weighted by Crippen LogP contribution is -2.30. The lowest BCUT2D eigenvalue weighted by atomic mass is 10.1. The predicted molar refractivity (Wildman–Crippen MR) is 76.2 cm³/mol. The Balaban J connectivity index is 2.21. The summed E-state index contributed by atoms with van der Waals surface area (Å²) in [5.41, 5.74) is 3.53. The number of carbonyl (C=O) groups is 1. The van der Waals surface area contributed by atoms with Gasteiger partial charge in [-0.05, 0) is 32.5 Å². The maximum atomic E-state index is 10.8. The predicted octanol–water partition coefficient (Wildman–Crippen LogP) is 2.77. The standard InChI is InChI=1S/C15H20N2O2/c1-10(8-15(18)19)17(3)9-13-11(2)16-14-7-5-4-6-12(13)14/h4-7,10,16H,8-9H2,1-3H3,(H,18,19). The van der Waals surface area contributed by atoms with Gasteiger partial charge >= 0.3 is 5.97 Å². The molecule has 102 valence electrons. The van der Waals surface area contributed by atoms with Crippen LogP contribution in [0.2, 0.25) is 0 Å². The van der Waals surface area contributed by atoms with E-state index >= 15 is 0 Å². The number of H-pyrrole nitrogens is 1. The fourth-order valence-corrected chi connectivity index (χ4v) is 2.35. The highest BCUT2D eigenvalue weighted by Gasteiger charge is 2.16. The van der Waals surface area contributed by atoms with Crippen molar-refractivity contribution < 1.29 is 9.90 Å². The highest BCUT2D eigenvalue weighted by Crippen LogP contribution is 2.23. The Morgan fingerprint density at radius 1 is 1.42 bits per heavy atom. The van der Waals surface area contributed by atoms with Gasteiger partial charge in [0.15, 0.2) is 0 Å². The molecule has 4 heteroatoms. The largest absolute Gasteiger partial charge is 0.481 e. The first-order chi connectivity index (χ1) is 8.99. The Hall–Kier alpha value is -1.81. The number of aromatic amines is 1. The van der Waals surface area contributed by atoms with Gasteiger partial charge in [0, 0.05) is 29.2 Å². The number of aromatic nitrogens is 1. The van der Waals surface area contributed by atoms with E-state index in [0.717, 1.165) is 17.8 Å². The fraction of sp³-hybridized carbons (Fsp3) is 0.400. The number of nitrogens with one attached hydrogen (secondary N) is 1. The molecule has 1 unspecified atom stereocenters. The first-order valence-corrected chi connectivity index (χ1v) is 6.47. The number of fused-ring (bicyclic) bond motifs is 1. The van der Waals surface area contributed by atoms with Crippen LogP contribution in [0.1, 0.15) is 24.6 Å². The van der Waals surface area contributed by atoms with Crippen molar-refractivity contribution in [2.75, 3.05) is 7.05 Å². The van der Waals surface area contributed by atoms with Crippen LogP contribution in [-0.2, 0) is 11.3 Å². The van der Waals surface area contributed by atoms with Gasteiger partial charge in [0.25, 0.3) is 0 Å². The van der Waals surface area contributed by atoms with Crippen LogP contribution in [0.5, 0.6) is 0 Å². The van der Waals surface area contributed by atoms with Gasteiger partial charge in [-0.1, -0.05) is 18.2 Å². The molecule has 2 rings (SSSR count). The smallest absolute Gasteiger partial charge is 0.304 e. The number of para-hydroxylation sites is 1. The Morgan fingerprint density at radius 2 is 2.11 bits per heavy atom. The second-order valence-corrected chi connectivity index (χ2v) is 5.14. The summed E-state index contributed by atoms with van der Waals surface area (Å²) in [5, 5.41) is 10.1. The number of hydrogen-bond donors (Lipinski definition) is 2. The third-order valence-electron chi connectivity index (χ3n) is 3.66. The Bertz CT molecular complexity index is 589. The minimum absolute atomic E-state index is 0.0190. The number of aliphatic carboxylic acids is 1. The van der Waals surface area contributed by atoms with Crippen LogP contribution < -0.4 is 0 Å². The van der Waals surface area contributed by atoms with E-state index < -0.39 is 5.97 Å². The van der Waals surface area contributed by atoms with Gasteiger partial charge in [0.1, 0.15) is 0 Å². The van der Waals surface area contributed by atoms with E-state index in [1.807, 2.05) is 26.1 Å². The molecule has 0 radical (unpaired) electrons. The van der Waals surface area contributed by atoms with Crippen molar-refractivity contribution in [2.24, 2.45) is 0 Å². The second-order valence-electron chi connectivity index (χ2n) is 5.14. The van der Waals surface area contributed by atoms with Crippen LogP contribution in [0.25, 0.3) is 10.9 Å². The molecule has 0 spiro atoms. The molecule has 0 saturated heterocycles. The van der Waals surface area contributed by atoms with E-state index in [4.69, 9.17) is 5.11 Å².